The topological polar surface area (TPSA) is 15.3 Å². The Morgan fingerprint density at radius 2 is 1.87 bits per heavy atom. The Bertz CT molecular complexity index is 185. The minimum atomic E-state index is 0.869. The molecule has 2 nitrogen and oxygen atoms in total. The van der Waals surface area contributed by atoms with Crippen LogP contribution >= 0.6 is 0 Å². The second-order valence-electron chi connectivity index (χ2n) is 5.47. The molecule has 0 amide bonds. The SMILES string of the molecule is CC1CCCC(N2CCCNCC2)C1C. The van der Waals surface area contributed by atoms with Crippen LogP contribution in [0.3, 0.4) is 0 Å². The van der Waals surface area contributed by atoms with E-state index < -0.39 is 0 Å². The normalized spacial score (nSPS) is 40.0. The van der Waals surface area contributed by atoms with Crippen LogP contribution in [0.15, 0.2) is 0 Å². The molecule has 2 heteroatoms. The highest BCUT2D eigenvalue weighted by Gasteiger charge is 2.31. The van der Waals surface area contributed by atoms with Crippen molar-refractivity contribution >= 4 is 0 Å². The highest BCUT2D eigenvalue weighted by atomic mass is 15.2. The third-order valence-electron chi connectivity index (χ3n) is 4.51. The van der Waals surface area contributed by atoms with E-state index in [0.717, 1.165) is 17.9 Å². The molecule has 2 rings (SSSR count). The monoisotopic (exact) mass is 210 g/mol. The molecule has 1 N–H and O–H groups in total. The van der Waals surface area contributed by atoms with Crippen molar-refractivity contribution in [1.29, 1.82) is 0 Å². The molecular weight excluding hydrogens is 184 g/mol. The molecular formula is C13H26N2. The van der Waals surface area contributed by atoms with Crippen molar-refractivity contribution in [3.8, 4) is 0 Å². The van der Waals surface area contributed by atoms with Crippen molar-refractivity contribution in [2.75, 3.05) is 26.2 Å². The second kappa shape index (κ2) is 5.31. The summed E-state index contributed by atoms with van der Waals surface area (Å²) >= 11 is 0. The molecule has 0 aromatic heterocycles. The lowest BCUT2D eigenvalue weighted by atomic mass is 9.77. The van der Waals surface area contributed by atoms with Crippen LogP contribution in [-0.4, -0.2) is 37.1 Å². The minimum absolute atomic E-state index is 0.869. The van der Waals surface area contributed by atoms with Gasteiger partial charge in [-0.15, -0.1) is 0 Å². The maximum Gasteiger partial charge on any atom is 0.0124 e. The fraction of sp³-hybridized carbons (Fsp3) is 1.00. The zero-order valence-electron chi connectivity index (χ0n) is 10.3. The molecule has 2 fully saturated rings. The van der Waals surface area contributed by atoms with E-state index in [1.54, 1.807) is 0 Å². The molecule has 3 atom stereocenters. The van der Waals surface area contributed by atoms with Crippen LogP contribution in [0.25, 0.3) is 0 Å². The maximum absolute atomic E-state index is 3.50. The lowest BCUT2D eigenvalue weighted by Crippen LogP contribution is -2.45. The van der Waals surface area contributed by atoms with Gasteiger partial charge in [-0.2, -0.15) is 0 Å². The van der Waals surface area contributed by atoms with Crippen LogP contribution in [0.5, 0.6) is 0 Å². The van der Waals surface area contributed by atoms with Crippen LogP contribution in [0.4, 0.5) is 0 Å². The van der Waals surface area contributed by atoms with Gasteiger partial charge in [-0.1, -0.05) is 26.7 Å². The van der Waals surface area contributed by atoms with Crippen molar-refractivity contribution in [1.82, 2.24) is 10.2 Å². The average molecular weight is 210 g/mol. The Kier molecular flexibility index (Phi) is 4.04. The number of rotatable bonds is 1. The maximum atomic E-state index is 3.50. The molecule has 1 heterocycles. The predicted octanol–water partition coefficient (Wildman–Crippen LogP) is 2.11. The molecule has 1 saturated carbocycles. The Morgan fingerprint density at radius 1 is 1.00 bits per heavy atom. The molecule has 2 aliphatic rings. The van der Waals surface area contributed by atoms with Gasteiger partial charge in [0.25, 0.3) is 0 Å². The predicted molar refractivity (Wildman–Crippen MR) is 65.0 cm³/mol. The summed E-state index contributed by atoms with van der Waals surface area (Å²) in [6.07, 6.45) is 5.66. The number of hydrogen-bond acceptors (Lipinski definition) is 2. The van der Waals surface area contributed by atoms with Gasteiger partial charge in [0, 0.05) is 19.1 Å². The second-order valence-corrected chi connectivity index (χ2v) is 5.47. The highest BCUT2D eigenvalue weighted by Crippen LogP contribution is 2.32. The fourth-order valence-electron chi connectivity index (χ4n) is 3.27. The Labute approximate surface area is 94.4 Å². The van der Waals surface area contributed by atoms with Crippen molar-refractivity contribution in [2.45, 2.75) is 45.6 Å². The van der Waals surface area contributed by atoms with E-state index >= 15 is 0 Å². The van der Waals surface area contributed by atoms with Crippen LogP contribution in [0, 0.1) is 11.8 Å². The molecule has 88 valence electrons. The molecule has 0 spiro atoms. The van der Waals surface area contributed by atoms with Gasteiger partial charge in [0.05, 0.1) is 0 Å². The van der Waals surface area contributed by atoms with E-state index in [1.807, 2.05) is 0 Å². The van der Waals surface area contributed by atoms with E-state index in [0.29, 0.717) is 0 Å². The molecule has 0 aromatic carbocycles. The first-order chi connectivity index (χ1) is 7.29. The zero-order chi connectivity index (χ0) is 10.7. The van der Waals surface area contributed by atoms with E-state index in [-0.39, 0.29) is 0 Å². The smallest absolute Gasteiger partial charge is 0.0124 e. The summed E-state index contributed by atoms with van der Waals surface area (Å²) in [7, 11) is 0. The quantitative estimate of drug-likeness (QED) is 0.713. The van der Waals surface area contributed by atoms with Gasteiger partial charge < -0.3 is 5.32 Å². The Balaban J connectivity index is 1.94. The van der Waals surface area contributed by atoms with Crippen LogP contribution in [-0.2, 0) is 0 Å². The molecule has 1 saturated heterocycles. The van der Waals surface area contributed by atoms with E-state index in [4.69, 9.17) is 0 Å². The molecule has 1 aliphatic heterocycles. The van der Waals surface area contributed by atoms with Crippen molar-refractivity contribution in [3.05, 3.63) is 0 Å². The van der Waals surface area contributed by atoms with Crippen LogP contribution < -0.4 is 5.32 Å². The summed E-state index contributed by atoms with van der Waals surface area (Å²) in [4.78, 5) is 2.75. The molecule has 15 heavy (non-hydrogen) atoms. The summed E-state index contributed by atoms with van der Waals surface area (Å²) in [5.41, 5.74) is 0. The molecule has 0 bridgehead atoms. The molecule has 0 radical (unpaired) electrons. The molecule has 3 unspecified atom stereocenters. The van der Waals surface area contributed by atoms with Gasteiger partial charge in [-0.25, -0.2) is 0 Å². The first kappa shape index (κ1) is 11.4. The fourth-order valence-corrected chi connectivity index (χ4v) is 3.27. The van der Waals surface area contributed by atoms with Crippen molar-refractivity contribution in [2.24, 2.45) is 11.8 Å². The van der Waals surface area contributed by atoms with Crippen molar-refractivity contribution in [3.63, 3.8) is 0 Å². The summed E-state index contributed by atoms with van der Waals surface area (Å²) in [5.74, 6) is 1.83. The number of hydrogen-bond donors (Lipinski definition) is 1. The zero-order valence-corrected chi connectivity index (χ0v) is 10.3. The summed E-state index contributed by atoms with van der Waals surface area (Å²) < 4.78 is 0. The first-order valence-corrected chi connectivity index (χ1v) is 6.74. The lowest BCUT2D eigenvalue weighted by molar-refractivity contribution is 0.0866. The van der Waals surface area contributed by atoms with Crippen LogP contribution in [0.2, 0.25) is 0 Å². The average Bonchev–Trinajstić information content (AvgIpc) is 2.50. The Morgan fingerprint density at radius 3 is 2.73 bits per heavy atom. The molecule has 1 aliphatic carbocycles. The third kappa shape index (κ3) is 2.73. The largest absolute Gasteiger partial charge is 0.315 e. The molecule has 0 aromatic rings. The van der Waals surface area contributed by atoms with Gasteiger partial charge in [0.1, 0.15) is 0 Å². The number of nitrogens with zero attached hydrogens (tertiary/aromatic N) is 1. The lowest BCUT2D eigenvalue weighted by Gasteiger charge is -2.41. The highest BCUT2D eigenvalue weighted by molar-refractivity contribution is 4.85. The van der Waals surface area contributed by atoms with Crippen molar-refractivity contribution < 1.29 is 0 Å². The van der Waals surface area contributed by atoms with E-state index in [2.05, 4.69) is 24.1 Å². The third-order valence-corrected chi connectivity index (χ3v) is 4.51. The minimum Gasteiger partial charge on any atom is -0.315 e. The standard InChI is InChI=1S/C13H26N2/c1-11-5-3-6-13(12(11)2)15-9-4-7-14-8-10-15/h11-14H,3-10H2,1-2H3. The van der Waals surface area contributed by atoms with E-state index in [9.17, 15) is 0 Å². The Hall–Kier alpha value is -0.0800. The van der Waals surface area contributed by atoms with Gasteiger partial charge >= 0.3 is 0 Å². The van der Waals surface area contributed by atoms with Gasteiger partial charge in [-0.05, 0) is 37.8 Å². The van der Waals surface area contributed by atoms with E-state index in [1.165, 1.54) is 51.9 Å². The first-order valence-electron chi connectivity index (χ1n) is 6.74. The summed E-state index contributed by atoms with van der Waals surface area (Å²) in [5, 5.41) is 3.50. The number of nitrogens with one attached hydrogen (secondary N) is 1. The summed E-state index contributed by atoms with van der Waals surface area (Å²) in [6.45, 7) is 9.89. The van der Waals surface area contributed by atoms with Gasteiger partial charge in [-0.3, -0.25) is 4.90 Å². The summed E-state index contributed by atoms with van der Waals surface area (Å²) in [6, 6.07) is 0.869. The van der Waals surface area contributed by atoms with Gasteiger partial charge in [0.2, 0.25) is 0 Å². The van der Waals surface area contributed by atoms with Crippen LogP contribution in [0.1, 0.15) is 39.5 Å². The van der Waals surface area contributed by atoms with Gasteiger partial charge in [0.15, 0.2) is 0 Å².